The van der Waals surface area contributed by atoms with Gasteiger partial charge in [-0.25, -0.2) is 0 Å². The van der Waals surface area contributed by atoms with Crippen molar-refractivity contribution in [1.29, 1.82) is 0 Å². The molecule has 4 fully saturated rings. The third-order valence-corrected chi connectivity index (χ3v) is 16.8. The van der Waals surface area contributed by atoms with Gasteiger partial charge in [0.05, 0.1) is 22.3 Å². The number of carbonyl (C=O) groups is 6. The van der Waals surface area contributed by atoms with Crippen LogP contribution in [0.5, 0.6) is 11.5 Å². The molecule has 8 rings (SSSR count). The maximum atomic E-state index is 13.4. The van der Waals surface area contributed by atoms with Crippen molar-refractivity contribution in [3.63, 3.8) is 0 Å². The number of amides is 4. The summed E-state index contributed by atoms with van der Waals surface area (Å²) in [7, 11) is -9.50. The Morgan fingerprint density at radius 3 is 1.21 bits per heavy atom. The summed E-state index contributed by atoms with van der Waals surface area (Å²) in [5, 5.41) is -2.84. The molecular formula is C36H36N2O13S2. The SMILES string of the molecule is CC12CCC(C(S(=O)(=O)ON3C(=O)c4ccc(Oc5ccc6c(c5)C(=O)N(OS(=O)(=O)C5C(=O)C7(C)CCC5C7(C)C)C6=O)cc4C3=O)C1=O)C2(C)C. The molecule has 4 bridgehead atoms. The van der Waals surface area contributed by atoms with E-state index in [2.05, 4.69) is 0 Å². The van der Waals surface area contributed by atoms with Gasteiger partial charge >= 0.3 is 0 Å². The number of Topliss-reactive ketones (excluding diaryl/α,β-unsaturated/α-hetero) is 2. The van der Waals surface area contributed by atoms with E-state index in [0.717, 1.165) is 12.1 Å². The molecule has 6 atom stereocenters. The van der Waals surface area contributed by atoms with Crippen LogP contribution in [0.15, 0.2) is 36.4 Å². The van der Waals surface area contributed by atoms with Crippen molar-refractivity contribution in [2.75, 3.05) is 0 Å². The highest BCUT2D eigenvalue weighted by atomic mass is 32.2. The van der Waals surface area contributed by atoms with Gasteiger partial charge in [-0.1, -0.05) is 41.5 Å². The number of rotatable bonds is 8. The quantitative estimate of drug-likeness (QED) is 0.349. The zero-order chi connectivity index (χ0) is 38.6. The van der Waals surface area contributed by atoms with E-state index in [1.54, 1.807) is 13.8 Å². The average Bonchev–Trinajstić information content (AvgIpc) is 3.72. The number of benzene rings is 2. The second kappa shape index (κ2) is 10.7. The Morgan fingerprint density at radius 1 is 0.547 bits per heavy atom. The first-order valence-electron chi connectivity index (χ1n) is 17.2. The van der Waals surface area contributed by atoms with Crippen molar-refractivity contribution >= 4 is 55.4 Å². The van der Waals surface area contributed by atoms with E-state index in [1.165, 1.54) is 24.3 Å². The molecule has 17 heteroatoms. The summed E-state index contributed by atoms with van der Waals surface area (Å²) >= 11 is 0. The maximum absolute atomic E-state index is 13.4. The predicted molar refractivity (Wildman–Crippen MR) is 181 cm³/mol. The van der Waals surface area contributed by atoms with Crippen LogP contribution in [-0.2, 0) is 38.4 Å². The van der Waals surface area contributed by atoms with Gasteiger partial charge in [0, 0.05) is 10.8 Å². The summed E-state index contributed by atoms with van der Waals surface area (Å²) in [6, 6.07) is 7.37. The van der Waals surface area contributed by atoms with Crippen LogP contribution in [0.4, 0.5) is 0 Å². The van der Waals surface area contributed by atoms with Gasteiger partial charge in [0.2, 0.25) is 0 Å². The molecule has 2 aromatic rings. The summed E-state index contributed by atoms with van der Waals surface area (Å²) < 4.78 is 69.7. The summed E-state index contributed by atoms with van der Waals surface area (Å²) in [6.45, 7) is 10.8. The molecule has 2 aromatic carbocycles. The molecule has 0 N–H and O–H groups in total. The van der Waals surface area contributed by atoms with E-state index in [-0.39, 0.29) is 43.9 Å². The van der Waals surface area contributed by atoms with Crippen LogP contribution >= 0.6 is 0 Å². The third kappa shape index (κ3) is 4.44. The first-order chi connectivity index (χ1) is 24.5. The van der Waals surface area contributed by atoms with E-state index < -0.39 is 99.4 Å². The lowest BCUT2D eigenvalue weighted by molar-refractivity contribution is -0.129. The average molecular weight is 769 g/mol. The lowest BCUT2D eigenvalue weighted by Gasteiger charge is -2.32. The summed E-state index contributed by atoms with van der Waals surface area (Å²) in [5.74, 6) is -6.48. The van der Waals surface area contributed by atoms with Crippen LogP contribution in [0.25, 0.3) is 0 Å². The van der Waals surface area contributed by atoms with Crippen molar-refractivity contribution in [2.24, 2.45) is 33.5 Å². The number of nitrogens with zero attached hydrogens (tertiary/aromatic N) is 2. The maximum Gasteiger partial charge on any atom is 0.299 e. The molecule has 4 aliphatic carbocycles. The van der Waals surface area contributed by atoms with Crippen molar-refractivity contribution in [3.05, 3.63) is 58.7 Å². The number of ether oxygens (including phenoxy) is 1. The van der Waals surface area contributed by atoms with Gasteiger partial charge in [-0.3, -0.25) is 28.8 Å². The molecule has 0 radical (unpaired) electrons. The zero-order valence-electron chi connectivity index (χ0n) is 29.6. The van der Waals surface area contributed by atoms with Crippen LogP contribution in [0.3, 0.4) is 0 Å². The molecule has 0 spiro atoms. The fourth-order valence-corrected chi connectivity index (χ4v) is 13.4. The topological polar surface area (TPSA) is 205 Å². The van der Waals surface area contributed by atoms with Gasteiger partial charge in [0.1, 0.15) is 11.5 Å². The van der Waals surface area contributed by atoms with Crippen LogP contribution in [-0.4, -0.2) is 72.7 Å². The van der Waals surface area contributed by atoms with E-state index in [4.69, 9.17) is 13.3 Å². The fraction of sp³-hybridized carbons (Fsp3) is 0.500. The molecule has 6 aliphatic rings. The molecular weight excluding hydrogens is 733 g/mol. The molecule has 4 saturated carbocycles. The molecule has 15 nitrogen and oxygen atoms in total. The number of hydroxylamine groups is 4. The monoisotopic (exact) mass is 768 g/mol. The Morgan fingerprint density at radius 2 is 0.887 bits per heavy atom. The summed E-state index contributed by atoms with van der Waals surface area (Å²) in [5.41, 5.74) is -3.92. The van der Waals surface area contributed by atoms with Gasteiger partial charge in [-0.15, -0.1) is 18.7 Å². The second-order valence-electron chi connectivity index (χ2n) is 16.4. The highest BCUT2D eigenvalue weighted by Gasteiger charge is 2.71. The first-order valence-corrected chi connectivity index (χ1v) is 20.1. The molecule has 6 unspecified atom stereocenters. The van der Waals surface area contributed by atoms with E-state index in [9.17, 15) is 45.6 Å². The molecule has 2 aliphatic heterocycles. The number of fused-ring (bicyclic) bond motifs is 6. The van der Waals surface area contributed by atoms with E-state index in [0.29, 0.717) is 25.7 Å². The number of ketones is 2. The van der Waals surface area contributed by atoms with Crippen molar-refractivity contribution in [1.82, 2.24) is 10.1 Å². The van der Waals surface area contributed by atoms with Gasteiger partial charge in [-0.05, 0) is 84.7 Å². The highest BCUT2D eigenvalue weighted by molar-refractivity contribution is 7.88. The minimum absolute atomic E-state index is 0.0223. The Balaban J connectivity index is 0.985. The Kier molecular flexibility index (Phi) is 7.19. The van der Waals surface area contributed by atoms with Crippen LogP contribution in [0, 0.1) is 33.5 Å². The molecule has 280 valence electrons. The molecule has 0 saturated heterocycles. The molecule has 53 heavy (non-hydrogen) atoms. The van der Waals surface area contributed by atoms with Crippen molar-refractivity contribution in [3.8, 4) is 11.5 Å². The van der Waals surface area contributed by atoms with Gasteiger partial charge in [-0.2, -0.15) is 16.8 Å². The van der Waals surface area contributed by atoms with Crippen LogP contribution in [0.2, 0.25) is 0 Å². The third-order valence-electron chi connectivity index (χ3n) is 13.8. The van der Waals surface area contributed by atoms with Gasteiger partial charge < -0.3 is 4.74 Å². The predicted octanol–water partition coefficient (Wildman–Crippen LogP) is 3.98. The summed E-state index contributed by atoms with van der Waals surface area (Å²) in [6.07, 6.45) is 1.99. The minimum Gasteiger partial charge on any atom is -0.457 e. The fourth-order valence-electron chi connectivity index (χ4n) is 9.77. The summed E-state index contributed by atoms with van der Waals surface area (Å²) in [4.78, 5) is 79.5. The minimum atomic E-state index is -4.75. The van der Waals surface area contributed by atoms with Crippen molar-refractivity contribution in [2.45, 2.75) is 77.7 Å². The number of hydrogen-bond acceptors (Lipinski definition) is 13. The number of carbonyl (C=O) groups excluding carboxylic acids is 6. The smallest absolute Gasteiger partial charge is 0.299 e. The Labute approximate surface area is 305 Å². The van der Waals surface area contributed by atoms with E-state index >= 15 is 0 Å². The van der Waals surface area contributed by atoms with E-state index in [1.807, 2.05) is 27.7 Å². The lowest BCUT2D eigenvalue weighted by Crippen LogP contribution is -2.43. The van der Waals surface area contributed by atoms with Crippen molar-refractivity contribution < 1.29 is 58.9 Å². The first kappa shape index (κ1) is 35.7. The van der Waals surface area contributed by atoms with Crippen LogP contribution < -0.4 is 4.74 Å². The standard InChI is InChI=1S/C36H36N2O13S2/c1-33(2)23-11-13-35(33,5)27(39)25(23)52(45,46)50-37-29(41)19-9-7-17(15-21(19)31(37)43)49-18-8-10-20-22(16-18)32(44)38(30(20)42)51-53(47,48)26-24-12-14-36(6,28(26)40)34(24,3)4/h7-10,15-16,23-26H,11-14H2,1-6H3. The molecule has 0 aromatic heterocycles. The molecule has 4 amide bonds. The highest BCUT2D eigenvalue weighted by Crippen LogP contribution is 2.66. The van der Waals surface area contributed by atoms with Crippen LogP contribution in [0.1, 0.15) is 109 Å². The lowest BCUT2D eigenvalue weighted by atomic mass is 9.70. The second-order valence-corrected chi connectivity index (χ2v) is 19.7. The number of imide groups is 2. The Hall–Kier alpha value is -4.32. The largest absolute Gasteiger partial charge is 0.457 e. The number of hydrogen-bond donors (Lipinski definition) is 0. The molecule has 2 heterocycles. The van der Waals surface area contributed by atoms with Gasteiger partial charge in [0.25, 0.3) is 43.9 Å². The van der Waals surface area contributed by atoms with Gasteiger partial charge in [0.15, 0.2) is 22.1 Å². The Bertz CT molecular complexity index is 2200. The normalized spacial score (nSPS) is 32.3. The zero-order valence-corrected chi connectivity index (χ0v) is 31.3.